The average Bonchev–Trinajstić information content (AvgIpc) is 2.38. The topological polar surface area (TPSA) is 80.7 Å². The number of hydrogen-bond donors (Lipinski definition) is 2. The van der Waals surface area contributed by atoms with Crippen LogP contribution in [0.2, 0.25) is 0 Å². The first-order chi connectivity index (χ1) is 9.11. The molecule has 1 heterocycles. The Hall–Kier alpha value is -2.56. The van der Waals surface area contributed by atoms with Gasteiger partial charge in [-0.15, -0.1) is 0 Å². The van der Waals surface area contributed by atoms with Crippen LogP contribution in [0.1, 0.15) is 16.8 Å². The SMILES string of the molecule is Cc1cc(C)c(/C(N)=N/O)c(Oc2ccccc2)n1. The molecule has 19 heavy (non-hydrogen) atoms. The number of amidine groups is 1. The van der Waals surface area contributed by atoms with Crippen molar-refractivity contribution in [3.63, 3.8) is 0 Å². The summed E-state index contributed by atoms with van der Waals surface area (Å²) in [5, 5.41) is 11.9. The van der Waals surface area contributed by atoms with E-state index in [0.29, 0.717) is 17.2 Å². The summed E-state index contributed by atoms with van der Waals surface area (Å²) in [7, 11) is 0. The molecule has 0 aliphatic rings. The summed E-state index contributed by atoms with van der Waals surface area (Å²) in [6, 6.07) is 11.1. The second-order valence-corrected chi connectivity index (χ2v) is 4.16. The van der Waals surface area contributed by atoms with Crippen molar-refractivity contribution in [3.05, 3.63) is 53.2 Å². The van der Waals surface area contributed by atoms with Crippen LogP contribution in [0.5, 0.6) is 11.6 Å². The number of rotatable bonds is 3. The number of para-hydroxylation sites is 1. The number of aromatic nitrogens is 1. The number of nitrogens with two attached hydrogens (primary N) is 1. The van der Waals surface area contributed by atoms with E-state index in [1.165, 1.54) is 0 Å². The normalized spacial score (nSPS) is 11.4. The first-order valence-electron chi connectivity index (χ1n) is 5.81. The van der Waals surface area contributed by atoms with E-state index in [0.717, 1.165) is 11.3 Å². The van der Waals surface area contributed by atoms with E-state index in [2.05, 4.69) is 10.1 Å². The van der Waals surface area contributed by atoms with Crippen LogP contribution in [0.15, 0.2) is 41.6 Å². The van der Waals surface area contributed by atoms with Crippen LogP contribution in [0.3, 0.4) is 0 Å². The second kappa shape index (κ2) is 5.39. The molecule has 0 fully saturated rings. The summed E-state index contributed by atoms with van der Waals surface area (Å²) in [4.78, 5) is 4.30. The largest absolute Gasteiger partial charge is 0.438 e. The average molecular weight is 257 g/mol. The maximum atomic E-state index is 8.85. The van der Waals surface area contributed by atoms with Gasteiger partial charge in [0.05, 0.1) is 5.56 Å². The van der Waals surface area contributed by atoms with Crippen molar-refractivity contribution in [3.8, 4) is 11.6 Å². The quantitative estimate of drug-likeness (QED) is 0.383. The van der Waals surface area contributed by atoms with E-state index >= 15 is 0 Å². The monoisotopic (exact) mass is 257 g/mol. The van der Waals surface area contributed by atoms with Gasteiger partial charge >= 0.3 is 0 Å². The number of ether oxygens (including phenoxy) is 1. The fraction of sp³-hybridized carbons (Fsp3) is 0.143. The Bertz CT molecular complexity index is 610. The van der Waals surface area contributed by atoms with Gasteiger partial charge in [0.1, 0.15) is 5.75 Å². The third kappa shape index (κ3) is 2.82. The van der Waals surface area contributed by atoms with Crippen LogP contribution in [-0.4, -0.2) is 16.0 Å². The van der Waals surface area contributed by atoms with Crippen molar-refractivity contribution in [2.45, 2.75) is 13.8 Å². The van der Waals surface area contributed by atoms with E-state index in [9.17, 15) is 0 Å². The smallest absolute Gasteiger partial charge is 0.230 e. The minimum atomic E-state index is -0.0177. The molecule has 0 atom stereocenters. The molecule has 0 radical (unpaired) electrons. The Balaban J connectivity index is 2.49. The molecule has 0 spiro atoms. The molecule has 0 bridgehead atoms. The lowest BCUT2D eigenvalue weighted by Crippen LogP contribution is -2.17. The van der Waals surface area contributed by atoms with Crippen molar-refractivity contribution in [1.82, 2.24) is 4.98 Å². The van der Waals surface area contributed by atoms with Gasteiger partial charge in [0, 0.05) is 5.69 Å². The van der Waals surface area contributed by atoms with Gasteiger partial charge < -0.3 is 15.7 Å². The molecule has 1 aromatic heterocycles. The number of benzene rings is 1. The minimum Gasteiger partial charge on any atom is -0.438 e. The fourth-order valence-electron chi connectivity index (χ4n) is 1.84. The molecule has 2 aromatic rings. The van der Waals surface area contributed by atoms with E-state index < -0.39 is 0 Å². The number of hydrogen-bond acceptors (Lipinski definition) is 4. The van der Waals surface area contributed by atoms with E-state index in [-0.39, 0.29) is 5.84 Å². The highest BCUT2D eigenvalue weighted by molar-refractivity contribution is 6.00. The van der Waals surface area contributed by atoms with Crippen molar-refractivity contribution >= 4 is 5.84 Å². The highest BCUT2D eigenvalue weighted by Crippen LogP contribution is 2.26. The molecule has 0 aliphatic heterocycles. The summed E-state index contributed by atoms with van der Waals surface area (Å²) >= 11 is 0. The highest BCUT2D eigenvalue weighted by atomic mass is 16.5. The zero-order valence-electron chi connectivity index (χ0n) is 10.8. The van der Waals surface area contributed by atoms with Crippen molar-refractivity contribution in [2.75, 3.05) is 0 Å². The highest BCUT2D eigenvalue weighted by Gasteiger charge is 2.15. The van der Waals surface area contributed by atoms with Gasteiger partial charge in [-0.2, -0.15) is 0 Å². The lowest BCUT2D eigenvalue weighted by molar-refractivity contribution is 0.318. The zero-order chi connectivity index (χ0) is 13.8. The van der Waals surface area contributed by atoms with Gasteiger partial charge in [0.2, 0.25) is 5.88 Å². The molecule has 0 aliphatic carbocycles. The van der Waals surface area contributed by atoms with Gasteiger partial charge in [-0.05, 0) is 37.6 Å². The van der Waals surface area contributed by atoms with Gasteiger partial charge in [0.25, 0.3) is 0 Å². The van der Waals surface area contributed by atoms with Crippen LogP contribution in [-0.2, 0) is 0 Å². The molecule has 1 aromatic carbocycles. The van der Waals surface area contributed by atoms with Crippen molar-refractivity contribution in [2.24, 2.45) is 10.9 Å². The predicted molar refractivity (Wildman–Crippen MR) is 72.7 cm³/mol. The third-order valence-electron chi connectivity index (χ3n) is 2.63. The summed E-state index contributed by atoms with van der Waals surface area (Å²) in [5.41, 5.74) is 7.82. The Morgan fingerprint density at radius 3 is 2.58 bits per heavy atom. The Labute approximate surface area is 111 Å². The zero-order valence-corrected chi connectivity index (χ0v) is 10.8. The number of pyridine rings is 1. The van der Waals surface area contributed by atoms with Crippen LogP contribution in [0.4, 0.5) is 0 Å². The number of aryl methyl sites for hydroxylation is 2. The third-order valence-corrected chi connectivity index (χ3v) is 2.63. The Morgan fingerprint density at radius 1 is 1.26 bits per heavy atom. The summed E-state index contributed by atoms with van der Waals surface area (Å²) in [6.45, 7) is 3.72. The Morgan fingerprint density at radius 2 is 1.95 bits per heavy atom. The van der Waals surface area contributed by atoms with E-state index in [1.54, 1.807) is 0 Å². The molecule has 0 saturated carbocycles. The molecule has 5 nitrogen and oxygen atoms in total. The molecule has 98 valence electrons. The van der Waals surface area contributed by atoms with Gasteiger partial charge in [-0.25, -0.2) is 4.98 Å². The maximum Gasteiger partial charge on any atom is 0.230 e. The van der Waals surface area contributed by atoms with Gasteiger partial charge in [-0.1, -0.05) is 23.4 Å². The van der Waals surface area contributed by atoms with Crippen LogP contribution < -0.4 is 10.5 Å². The van der Waals surface area contributed by atoms with E-state index in [4.69, 9.17) is 15.7 Å². The molecular weight excluding hydrogens is 242 g/mol. The molecule has 0 unspecified atom stereocenters. The number of nitrogens with zero attached hydrogens (tertiary/aromatic N) is 2. The van der Waals surface area contributed by atoms with Gasteiger partial charge in [0.15, 0.2) is 5.84 Å². The van der Waals surface area contributed by atoms with E-state index in [1.807, 2.05) is 50.2 Å². The molecule has 2 rings (SSSR count). The molecule has 0 saturated heterocycles. The molecular formula is C14H15N3O2. The fourth-order valence-corrected chi connectivity index (χ4v) is 1.84. The molecule has 5 heteroatoms. The lowest BCUT2D eigenvalue weighted by Gasteiger charge is -2.12. The molecule has 0 amide bonds. The van der Waals surface area contributed by atoms with Crippen LogP contribution in [0, 0.1) is 13.8 Å². The lowest BCUT2D eigenvalue weighted by atomic mass is 10.1. The first-order valence-corrected chi connectivity index (χ1v) is 5.81. The maximum absolute atomic E-state index is 8.85. The standard InChI is InChI=1S/C14H15N3O2/c1-9-8-10(2)16-14(12(9)13(15)17-18)19-11-6-4-3-5-7-11/h3-8,18H,1-2H3,(H2,15,17). The summed E-state index contributed by atoms with van der Waals surface area (Å²) in [5.74, 6) is 0.960. The summed E-state index contributed by atoms with van der Waals surface area (Å²) in [6.07, 6.45) is 0. The number of oxime groups is 1. The van der Waals surface area contributed by atoms with Gasteiger partial charge in [-0.3, -0.25) is 0 Å². The first kappa shape index (κ1) is 12.9. The van der Waals surface area contributed by atoms with Crippen LogP contribution in [0.25, 0.3) is 0 Å². The second-order valence-electron chi connectivity index (χ2n) is 4.16. The predicted octanol–water partition coefficient (Wildman–Crippen LogP) is 2.59. The van der Waals surface area contributed by atoms with Crippen LogP contribution >= 0.6 is 0 Å². The Kier molecular flexibility index (Phi) is 3.66. The van der Waals surface area contributed by atoms with Crippen molar-refractivity contribution < 1.29 is 9.94 Å². The molecule has 3 N–H and O–H groups in total. The minimum absolute atomic E-state index is 0.0177. The van der Waals surface area contributed by atoms with Crippen molar-refractivity contribution in [1.29, 1.82) is 0 Å². The summed E-state index contributed by atoms with van der Waals surface area (Å²) < 4.78 is 5.71.